The number of carbonyl (C=O) groups excluding carboxylic acids is 1. The molecule has 0 saturated carbocycles. The number of amides is 1. The molecule has 2 aromatic rings. The minimum atomic E-state index is -3.87. The van der Waals surface area contributed by atoms with Gasteiger partial charge >= 0.3 is 0 Å². The van der Waals surface area contributed by atoms with Gasteiger partial charge in [0.15, 0.2) is 0 Å². The lowest BCUT2D eigenvalue weighted by Crippen LogP contribution is -2.41. The predicted molar refractivity (Wildman–Crippen MR) is 105 cm³/mol. The Bertz CT molecular complexity index is 949. The Morgan fingerprint density at radius 3 is 2.43 bits per heavy atom. The molecule has 9 heteroatoms. The summed E-state index contributed by atoms with van der Waals surface area (Å²) in [5.74, 6) is -0.196. The van der Waals surface area contributed by atoms with E-state index in [1.165, 1.54) is 32.4 Å². The Morgan fingerprint density at radius 1 is 1.18 bits per heavy atom. The van der Waals surface area contributed by atoms with Gasteiger partial charge in [-0.1, -0.05) is 12.1 Å². The van der Waals surface area contributed by atoms with Crippen LogP contribution in [0.15, 0.2) is 42.5 Å². The van der Waals surface area contributed by atoms with Gasteiger partial charge in [0.2, 0.25) is 15.9 Å². The molecule has 2 aromatic carbocycles. The summed E-state index contributed by atoms with van der Waals surface area (Å²) in [6, 6.07) is 10.0. The summed E-state index contributed by atoms with van der Waals surface area (Å²) >= 11 is 0. The van der Waals surface area contributed by atoms with Crippen LogP contribution in [-0.2, 0) is 14.8 Å². The molecule has 0 radical (unpaired) electrons. The molecule has 0 aliphatic rings. The first-order chi connectivity index (χ1) is 13.2. The average molecular weight is 410 g/mol. The number of rotatable bonds is 8. The van der Waals surface area contributed by atoms with Crippen LogP contribution in [0, 0.1) is 5.82 Å². The second-order valence-corrected chi connectivity index (χ2v) is 8.02. The quantitative estimate of drug-likeness (QED) is 0.723. The average Bonchev–Trinajstić information content (AvgIpc) is 2.65. The van der Waals surface area contributed by atoms with Crippen molar-refractivity contribution in [2.24, 2.45) is 0 Å². The second kappa shape index (κ2) is 8.92. The van der Waals surface area contributed by atoms with Crippen molar-refractivity contribution in [2.45, 2.75) is 13.0 Å². The molecule has 1 atom stereocenters. The maximum atomic E-state index is 14.1. The summed E-state index contributed by atoms with van der Waals surface area (Å²) in [4.78, 5) is 12.5. The molecule has 2 rings (SSSR count). The summed E-state index contributed by atoms with van der Waals surface area (Å²) < 4.78 is 49.5. The van der Waals surface area contributed by atoms with Gasteiger partial charge in [-0.2, -0.15) is 0 Å². The molecule has 0 aliphatic carbocycles. The lowest BCUT2D eigenvalue weighted by Gasteiger charge is -2.24. The van der Waals surface area contributed by atoms with E-state index in [4.69, 9.17) is 9.47 Å². The molecule has 0 aromatic heterocycles. The molecule has 152 valence electrons. The minimum Gasteiger partial charge on any atom is -0.497 e. The van der Waals surface area contributed by atoms with Crippen molar-refractivity contribution in [1.82, 2.24) is 5.32 Å². The number of carbonyl (C=O) groups is 1. The number of benzene rings is 2. The van der Waals surface area contributed by atoms with Crippen LogP contribution in [0.5, 0.6) is 11.5 Å². The topological polar surface area (TPSA) is 84.9 Å². The third-order valence-corrected chi connectivity index (χ3v) is 5.22. The Morgan fingerprint density at radius 2 is 1.86 bits per heavy atom. The number of hydrogen-bond acceptors (Lipinski definition) is 5. The normalized spacial score (nSPS) is 12.2. The number of sulfonamides is 1. The van der Waals surface area contributed by atoms with Crippen molar-refractivity contribution >= 4 is 21.6 Å². The van der Waals surface area contributed by atoms with Gasteiger partial charge in [0.1, 0.15) is 23.9 Å². The molecule has 28 heavy (non-hydrogen) atoms. The lowest BCUT2D eigenvalue weighted by molar-refractivity contribution is -0.120. The fourth-order valence-corrected chi connectivity index (χ4v) is 3.57. The zero-order chi connectivity index (χ0) is 20.9. The van der Waals surface area contributed by atoms with Crippen LogP contribution >= 0.6 is 0 Å². The number of nitrogens with zero attached hydrogens (tertiary/aromatic N) is 1. The van der Waals surface area contributed by atoms with E-state index >= 15 is 0 Å². The van der Waals surface area contributed by atoms with Gasteiger partial charge in [-0.05, 0) is 37.3 Å². The first-order valence-corrected chi connectivity index (χ1v) is 10.3. The van der Waals surface area contributed by atoms with E-state index in [-0.39, 0.29) is 5.69 Å². The summed E-state index contributed by atoms with van der Waals surface area (Å²) in [5.41, 5.74) is 0.471. The van der Waals surface area contributed by atoms with E-state index in [1.54, 1.807) is 25.1 Å². The predicted octanol–water partition coefficient (Wildman–Crippen LogP) is 2.49. The summed E-state index contributed by atoms with van der Waals surface area (Å²) in [6.45, 7) is 1.17. The standard InChI is InChI=1S/C19H23FN2O5S/c1-13(15-11-14(26-2)9-10-18(15)27-3)21-19(23)12-22(28(4,24)25)17-8-6-5-7-16(17)20/h5-11,13H,12H2,1-4H3,(H,21,23). The molecule has 0 spiro atoms. The van der Waals surface area contributed by atoms with Crippen molar-refractivity contribution in [2.75, 3.05) is 31.3 Å². The molecular formula is C19H23FN2O5S. The van der Waals surface area contributed by atoms with Crippen molar-refractivity contribution in [3.8, 4) is 11.5 Å². The molecule has 0 fully saturated rings. The molecule has 1 unspecified atom stereocenters. The highest BCUT2D eigenvalue weighted by Crippen LogP contribution is 2.29. The highest BCUT2D eigenvalue weighted by atomic mass is 32.2. The van der Waals surface area contributed by atoms with Crippen molar-refractivity contribution in [3.63, 3.8) is 0 Å². The van der Waals surface area contributed by atoms with E-state index in [9.17, 15) is 17.6 Å². The van der Waals surface area contributed by atoms with E-state index in [1.807, 2.05) is 0 Å². The minimum absolute atomic E-state index is 0.188. The second-order valence-electron chi connectivity index (χ2n) is 6.12. The fourth-order valence-electron chi connectivity index (χ4n) is 2.71. The van der Waals surface area contributed by atoms with Gasteiger partial charge in [0.05, 0.1) is 32.2 Å². The zero-order valence-electron chi connectivity index (χ0n) is 16.1. The number of nitrogens with one attached hydrogen (secondary N) is 1. The number of para-hydroxylation sites is 1. The van der Waals surface area contributed by atoms with Gasteiger partial charge in [-0.15, -0.1) is 0 Å². The van der Waals surface area contributed by atoms with Crippen molar-refractivity contribution in [3.05, 3.63) is 53.8 Å². The van der Waals surface area contributed by atoms with E-state index in [2.05, 4.69) is 5.32 Å². The van der Waals surface area contributed by atoms with Crippen LogP contribution in [0.2, 0.25) is 0 Å². The highest BCUT2D eigenvalue weighted by molar-refractivity contribution is 7.92. The fraction of sp³-hybridized carbons (Fsp3) is 0.316. The molecule has 0 saturated heterocycles. The highest BCUT2D eigenvalue weighted by Gasteiger charge is 2.24. The number of hydrogen-bond donors (Lipinski definition) is 1. The monoisotopic (exact) mass is 410 g/mol. The van der Waals surface area contributed by atoms with Gasteiger partial charge in [0.25, 0.3) is 0 Å². The molecule has 0 aliphatic heterocycles. The maximum absolute atomic E-state index is 14.1. The van der Waals surface area contributed by atoms with Crippen LogP contribution in [0.1, 0.15) is 18.5 Å². The third-order valence-electron chi connectivity index (χ3n) is 4.09. The lowest BCUT2D eigenvalue weighted by atomic mass is 10.1. The van der Waals surface area contributed by atoms with Crippen LogP contribution in [-0.4, -0.2) is 41.3 Å². The number of halogens is 1. The first kappa shape index (κ1) is 21.5. The third kappa shape index (κ3) is 5.13. The molecule has 1 amide bonds. The molecule has 0 heterocycles. The summed E-state index contributed by atoms with van der Waals surface area (Å²) in [7, 11) is -0.847. The number of methoxy groups -OCH3 is 2. The SMILES string of the molecule is COc1ccc(OC)c(C(C)NC(=O)CN(c2ccccc2F)S(C)(=O)=O)c1. The van der Waals surface area contributed by atoms with Crippen LogP contribution in [0.25, 0.3) is 0 Å². The first-order valence-electron chi connectivity index (χ1n) is 8.41. The molecule has 0 bridgehead atoms. The van der Waals surface area contributed by atoms with Gasteiger partial charge in [-0.25, -0.2) is 12.8 Å². The molecule has 1 N–H and O–H groups in total. The number of ether oxygens (including phenoxy) is 2. The largest absolute Gasteiger partial charge is 0.497 e. The molecular weight excluding hydrogens is 387 g/mol. The Kier molecular flexibility index (Phi) is 6.85. The van der Waals surface area contributed by atoms with Gasteiger partial charge < -0.3 is 14.8 Å². The zero-order valence-corrected chi connectivity index (χ0v) is 16.9. The summed E-state index contributed by atoms with van der Waals surface area (Å²) in [5, 5.41) is 2.71. The Balaban J connectivity index is 2.23. The molecule has 7 nitrogen and oxygen atoms in total. The Hall–Kier alpha value is -2.81. The number of anilines is 1. The Labute approximate surface area is 164 Å². The van der Waals surface area contributed by atoms with E-state index < -0.39 is 34.3 Å². The van der Waals surface area contributed by atoms with Crippen LogP contribution < -0.4 is 19.1 Å². The van der Waals surface area contributed by atoms with Crippen molar-refractivity contribution in [1.29, 1.82) is 0 Å². The smallest absolute Gasteiger partial charge is 0.241 e. The van der Waals surface area contributed by atoms with Gasteiger partial charge in [0, 0.05) is 5.56 Å². The summed E-state index contributed by atoms with van der Waals surface area (Å²) in [6.07, 6.45) is 0.918. The van der Waals surface area contributed by atoms with E-state index in [0.29, 0.717) is 17.1 Å². The van der Waals surface area contributed by atoms with E-state index in [0.717, 1.165) is 16.6 Å². The van der Waals surface area contributed by atoms with Crippen LogP contribution in [0.3, 0.4) is 0 Å². The van der Waals surface area contributed by atoms with Gasteiger partial charge in [-0.3, -0.25) is 9.10 Å². The van der Waals surface area contributed by atoms with Crippen LogP contribution in [0.4, 0.5) is 10.1 Å². The maximum Gasteiger partial charge on any atom is 0.241 e. The van der Waals surface area contributed by atoms with Crippen molar-refractivity contribution < 1.29 is 27.1 Å².